The zero-order chi connectivity index (χ0) is 14.6. The molecule has 6 heteroatoms. The first kappa shape index (κ1) is 14.6. The number of carbonyl (C=O) groups excluding carboxylic acids is 1. The standard InChI is InChI=1S/C14H17N3O2S/c1-14(2,19)7-12(18)16-8-13-17-11(9-20-13)10-5-3-4-6-15-10/h3-6,9,19H,7-8H2,1-2H3,(H,16,18). The van der Waals surface area contributed by atoms with Crippen molar-refractivity contribution in [3.8, 4) is 11.4 Å². The highest BCUT2D eigenvalue weighted by Crippen LogP contribution is 2.19. The Morgan fingerprint density at radius 3 is 2.85 bits per heavy atom. The lowest BCUT2D eigenvalue weighted by molar-refractivity contribution is -0.125. The molecule has 2 rings (SSSR count). The van der Waals surface area contributed by atoms with Gasteiger partial charge in [0, 0.05) is 11.6 Å². The second kappa shape index (κ2) is 6.11. The van der Waals surface area contributed by atoms with E-state index in [1.165, 1.54) is 11.3 Å². The Morgan fingerprint density at radius 2 is 2.20 bits per heavy atom. The maximum atomic E-state index is 11.6. The van der Waals surface area contributed by atoms with E-state index >= 15 is 0 Å². The molecule has 0 bridgehead atoms. The summed E-state index contributed by atoms with van der Waals surface area (Å²) in [6.45, 7) is 3.58. The molecular formula is C14H17N3O2S. The van der Waals surface area contributed by atoms with Gasteiger partial charge in [0.25, 0.3) is 0 Å². The number of hydrogen-bond acceptors (Lipinski definition) is 5. The normalized spacial score (nSPS) is 11.3. The summed E-state index contributed by atoms with van der Waals surface area (Å²) >= 11 is 1.48. The third kappa shape index (κ3) is 4.40. The van der Waals surface area contributed by atoms with E-state index in [4.69, 9.17) is 0 Å². The molecule has 2 N–H and O–H groups in total. The number of amides is 1. The van der Waals surface area contributed by atoms with Crippen LogP contribution in [0.2, 0.25) is 0 Å². The summed E-state index contributed by atoms with van der Waals surface area (Å²) in [6, 6.07) is 5.66. The summed E-state index contributed by atoms with van der Waals surface area (Å²) in [5, 5.41) is 15.0. The Morgan fingerprint density at radius 1 is 1.40 bits per heavy atom. The summed E-state index contributed by atoms with van der Waals surface area (Å²) < 4.78 is 0. The molecule has 2 aromatic heterocycles. The minimum Gasteiger partial charge on any atom is -0.390 e. The molecule has 1 amide bonds. The van der Waals surface area contributed by atoms with Crippen LogP contribution in [0.15, 0.2) is 29.8 Å². The van der Waals surface area contributed by atoms with Crippen molar-refractivity contribution in [2.45, 2.75) is 32.4 Å². The van der Waals surface area contributed by atoms with E-state index in [1.807, 2.05) is 23.6 Å². The van der Waals surface area contributed by atoms with Crippen LogP contribution >= 0.6 is 11.3 Å². The summed E-state index contributed by atoms with van der Waals surface area (Å²) in [7, 11) is 0. The van der Waals surface area contributed by atoms with Gasteiger partial charge in [0.2, 0.25) is 5.91 Å². The molecule has 2 heterocycles. The molecule has 0 spiro atoms. The average Bonchev–Trinajstić information content (AvgIpc) is 2.84. The lowest BCUT2D eigenvalue weighted by Crippen LogP contribution is -2.31. The second-order valence-electron chi connectivity index (χ2n) is 5.11. The minimum atomic E-state index is -0.994. The summed E-state index contributed by atoms with van der Waals surface area (Å²) in [5.74, 6) is -0.188. The summed E-state index contributed by atoms with van der Waals surface area (Å²) in [6.07, 6.45) is 1.80. The van der Waals surface area contributed by atoms with Crippen molar-refractivity contribution in [1.82, 2.24) is 15.3 Å². The molecule has 0 fully saturated rings. The van der Waals surface area contributed by atoms with Crippen LogP contribution in [0, 0.1) is 0 Å². The molecule has 0 radical (unpaired) electrons. The first-order valence-corrected chi connectivity index (χ1v) is 7.17. The van der Waals surface area contributed by atoms with Crippen molar-refractivity contribution in [1.29, 1.82) is 0 Å². The molecule has 0 atom stereocenters. The monoisotopic (exact) mass is 291 g/mol. The smallest absolute Gasteiger partial charge is 0.223 e. The van der Waals surface area contributed by atoms with Crippen molar-refractivity contribution in [2.75, 3.05) is 0 Å². The average molecular weight is 291 g/mol. The fraction of sp³-hybridized carbons (Fsp3) is 0.357. The van der Waals surface area contributed by atoms with Crippen LogP contribution in [0.25, 0.3) is 11.4 Å². The van der Waals surface area contributed by atoms with Crippen LogP contribution in [0.1, 0.15) is 25.3 Å². The van der Waals surface area contributed by atoms with Crippen LogP contribution in [-0.2, 0) is 11.3 Å². The molecule has 5 nitrogen and oxygen atoms in total. The van der Waals surface area contributed by atoms with E-state index in [0.29, 0.717) is 6.54 Å². The third-order valence-electron chi connectivity index (χ3n) is 2.51. The zero-order valence-electron chi connectivity index (χ0n) is 11.5. The number of rotatable bonds is 5. The van der Waals surface area contributed by atoms with Gasteiger partial charge in [-0.1, -0.05) is 6.07 Å². The number of carbonyl (C=O) groups is 1. The topological polar surface area (TPSA) is 75.1 Å². The van der Waals surface area contributed by atoms with E-state index in [1.54, 1.807) is 20.0 Å². The Kier molecular flexibility index (Phi) is 4.46. The lowest BCUT2D eigenvalue weighted by atomic mass is 10.1. The zero-order valence-corrected chi connectivity index (χ0v) is 12.3. The predicted molar refractivity (Wildman–Crippen MR) is 78.1 cm³/mol. The molecule has 0 aliphatic carbocycles. The van der Waals surface area contributed by atoms with Gasteiger partial charge in [-0.2, -0.15) is 0 Å². The number of thiazole rings is 1. The number of pyridine rings is 1. The van der Waals surface area contributed by atoms with Crippen molar-refractivity contribution < 1.29 is 9.90 Å². The second-order valence-corrected chi connectivity index (χ2v) is 6.05. The van der Waals surface area contributed by atoms with Gasteiger partial charge < -0.3 is 10.4 Å². The number of aromatic nitrogens is 2. The van der Waals surface area contributed by atoms with Gasteiger partial charge in [0.05, 0.1) is 30.0 Å². The van der Waals surface area contributed by atoms with Crippen molar-refractivity contribution in [2.24, 2.45) is 0 Å². The van der Waals surface area contributed by atoms with Gasteiger partial charge in [-0.05, 0) is 26.0 Å². The summed E-state index contributed by atoms with van der Waals surface area (Å²) in [5.41, 5.74) is 0.631. The van der Waals surface area contributed by atoms with Crippen LogP contribution in [0.5, 0.6) is 0 Å². The number of aliphatic hydroxyl groups is 1. The van der Waals surface area contributed by atoms with Crippen LogP contribution < -0.4 is 5.32 Å². The van der Waals surface area contributed by atoms with Gasteiger partial charge in [-0.3, -0.25) is 9.78 Å². The first-order valence-electron chi connectivity index (χ1n) is 6.29. The maximum Gasteiger partial charge on any atom is 0.223 e. The van der Waals surface area contributed by atoms with Crippen LogP contribution in [0.4, 0.5) is 0 Å². The Hall–Kier alpha value is -1.79. The Labute approximate surface area is 121 Å². The molecule has 0 aliphatic rings. The Balaban J connectivity index is 1.92. The minimum absolute atomic E-state index is 0.0749. The van der Waals surface area contributed by atoms with E-state index in [0.717, 1.165) is 16.4 Å². The van der Waals surface area contributed by atoms with E-state index < -0.39 is 5.60 Å². The molecule has 0 aromatic carbocycles. The fourth-order valence-corrected chi connectivity index (χ4v) is 2.38. The fourth-order valence-electron chi connectivity index (χ4n) is 1.65. The van der Waals surface area contributed by atoms with Crippen molar-refractivity contribution in [3.05, 3.63) is 34.8 Å². The van der Waals surface area contributed by atoms with Gasteiger partial charge >= 0.3 is 0 Å². The quantitative estimate of drug-likeness (QED) is 0.883. The van der Waals surface area contributed by atoms with E-state index in [-0.39, 0.29) is 12.3 Å². The molecule has 0 saturated carbocycles. The Bertz CT molecular complexity index is 576. The molecule has 2 aromatic rings. The largest absolute Gasteiger partial charge is 0.390 e. The van der Waals surface area contributed by atoms with E-state index in [2.05, 4.69) is 15.3 Å². The van der Waals surface area contributed by atoms with Gasteiger partial charge in [-0.15, -0.1) is 11.3 Å². The van der Waals surface area contributed by atoms with Gasteiger partial charge in [0.15, 0.2) is 0 Å². The molecule has 20 heavy (non-hydrogen) atoms. The summed E-state index contributed by atoms with van der Waals surface area (Å²) in [4.78, 5) is 20.3. The lowest BCUT2D eigenvalue weighted by Gasteiger charge is -2.15. The highest BCUT2D eigenvalue weighted by atomic mass is 32.1. The molecule has 0 aliphatic heterocycles. The number of hydrogen-bond donors (Lipinski definition) is 2. The number of nitrogens with zero attached hydrogens (tertiary/aromatic N) is 2. The number of nitrogens with one attached hydrogen (secondary N) is 1. The molecule has 106 valence electrons. The first-order chi connectivity index (χ1) is 9.44. The van der Waals surface area contributed by atoms with Gasteiger partial charge in [0.1, 0.15) is 5.01 Å². The van der Waals surface area contributed by atoms with E-state index in [9.17, 15) is 9.90 Å². The van der Waals surface area contributed by atoms with Crippen molar-refractivity contribution >= 4 is 17.2 Å². The van der Waals surface area contributed by atoms with Crippen LogP contribution in [0.3, 0.4) is 0 Å². The molecule has 0 saturated heterocycles. The van der Waals surface area contributed by atoms with Crippen molar-refractivity contribution in [3.63, 3.8) is 0 Å². The predicted octanol–water partition coefficient (Wildman–Crippen LogP) is 1.98. The SMILES string of the molecule is CC(C)(O)CC(=O)NCc1nc(-c2ccccn2)cs1. The highest BCUT2D eigenvalue weighted by molar-refractivity contribution is 7.09. The van der Waals surface area contributed by atoms with Crippen LogP contribution in [-0.4, -0.2) is 26.6 Å². The van der Waals surface area contributed by atoms with Gasteiger partial charge in [-0.25, -0.2) is 4.98 Å². The highest BCUT2D eigenvalue weighted by Gasteiger charge is 2.17. The molecular weight excluding hydrogens is 274 g/mol. The molecule has 0 unspecified atom stereocenters. The third-order valence-corrected chi connectivity index (χ3v) is 3.36. The maximum absolute atomic E-state index is 11.6.